The highest BCUT2D eigenvalue weighted by molar-refractivity contribution is 5.79. The molecule has 0 aromatic rings. The number of aliphatic hydroxyl groups is 10. The third-order valence-corrected chi connectivity index (χ3v) is 17.6. The molecular weight excluding hydrogens is 744 g/mol. The number of hydrogen-bond acceptors (Lipinski definition) is 15. The number of hydrogen-bond donors (Lipinski definition) is 10. The Morgan fingerprint density at radius 2 is 1.28 bits per heavy atom. The number of ether oxygens (including phenoxy) is 4. The molecule has 4 saturated carbocycles. The minimum atomic E-state index is -1.74. The molecule has 326 valence electrons. The lowest BCUT2D eigenvalue weighted by molar-refractivity contribution is -0.333. The summed E-state index contributed by atoms with van der Waals surface area (Å²) in [6, 6.07) is 0. The Morgan fingerprint density at radius 1 is 0.702 bits per heavy atom. The summed E-state index contributed by atoms with van der Waals surface area (Å²) in [6.07, 6.45) is -8.69. The van der Waals surface area contributed by atoms with Crippen LogP contribution in [-0.2, 0) is 23.7 Å². The fourth-order valence-electron chi connectivity index (χ4n) is 13.6. The van der Waals surface area contributed by atoms with Gasteiger partial charge in [-0.25, -0.2) is 0 Å². The van der Waals surface area contributed by atoms with E-state index in [0.29, 0.717) is 38.5 Å². The van der Waals surface area contributed by atoms with Crippen LogP contribution in [0.4, 0.5) is 0 Å². The minimum absolute atomic E-state index is 0.00865. The molecule has 0 amide bonds. The SMILES string of the molecule is CC1(C)CC[C@]2(C(=O)O[C@@H]3O[C@H](CO)[C@@H](O)[C@H](O)[C@H]3O)CC[C@]3(C)C(=CC[C@H]4[C@@]5(C)CC[C@H](O[C@@H]6O[C@H](CO)[C@@H](O)[C@H](O)[C@H]6O)[C@@](C)(CO)[C@@H]5CC[C@]43C)[C@H]2[C@@H]1O. The highest BCUT2D eigenvalue weighted by atomic mass is 16.7. The van der Waals surface area contributed by atoms with Crippen molar-refractivity contribution in [1.82, 2.24) is 0 Å². The Morgan fingerprint density at radius 3 is 1.88 bits per heavy atom. The lowest BCUT2D eigenvalue weighted by Gasteiger charge is -2.71. The van der Waals surface area contributed by atoms with Gasteiger partial charge >= 0.3 is 5.97 Å². The van der Waals surface area contributed by atoms with Gasteiger partial charge in [0.1, 0.15) is 48.8 Å². The Kier molecular flexibility index (Phi) is 11.5. The second kappa shape index (κ2) is 14.9. The van der Waals surface area contributed by atoms with E-state index < -0.39 is 120 Å². The van der Waals surface area contributed by atoms with Crippen LogP contribution in [0.25, 0.3) is 0 Å². The molecule has 20 atom stereocenters. The molecule has 2 saturated heterocycles. The van der Waals surface area contributed by atoms with E-state index in [1.54, 1.807) is 0 Å². The summed E-state index contributed by atoms with van der Waals surface area (Å²) in [5, 5.41) is 106. The van der Waals surface area contributed by atoms with Gasteiger partial charge in [-0.1, -0.05) is 53.2 Å². The van der Waals surface area contributed by atoms with Crippen molar-refractivity contribution >= 4 is 5.97 Å². The van der Waals surface area contributed by atoms with Crippen LogP contribution < -0.4 is 0 Å². The summed E-state index contributed by atoms with van der Waals surface area (Å²) in [5.74, 6) is -1.11. The van der Waals surface area contributed by atoms with Crippen LogP contribution in [0.3, 0.4) is 0 Å². The summed E-state index contributed by atoms with van der Waals surface area (Å²) < 4.78 is 23.7. The maximum absolute atomic E-state index is 14.6. The molecule has 0 bridgehead atoms. The molecule has 0 radical (unpaired) electrons. The first-order valence-corrected chi connectivity index (χ1v) is 21.1. The Hall–Kier alpha value is -1.31. The third-order valence-electron chi connectivity index (χ3n) is 17.6. The predicted molar refractivity (Wildman–Crippen MR) is 200 cm³/mol. The van der Waals surface area contributed by atoms with Crippen LogP contribution in [0.5, 0.6) is 0 Å². The second-order valence-electron chi connectivity index (χ2n) is 20.5. The van der Waals surface area contributed by atoms with Gasteiger partial charge in [0.2, 0.25) is 6.29 Å². The third kappa shape index (κ3) is 6.26. The average Bonchev–Trinajstić information content (AvgIpc) is 3.17. The number of carbonyl (C=O) groups excluding carboxylic acids is 1. The van der Waals surface area contributed by atoms with E-state index in [-0.39, 0.29) is 29.3 Å². The average molecular weight is 813 g/mol. The van der Waals surface area contributed by atoms with E-state index in [2.05, 4.69) is 26.8 Å². The van der Waals surface area contributed by atoms with Gasteiger partial charge in [-0.05, 0) is 91.3 Å². The predicted octanol–water partition coefficient (Wildman–Crippen LogP) is 0.260. The van der Waals surface area contributed by atoms with Gasteiger partial charge in [0.15, 0.2) is 6.29 Å². The lowest BCUT2D eigenvalue weighted by atomic mass is 9.33. The first-order valence-electron chi connectivity index (χ1n) is 21.1. The molecule has 7 aliphatic rings. The number of rotatable bonds is 7. The highest BCUT2D eigenvalue weighted by Gasteiger charge is 2.71. The Labute approximate surface area is 335 Å². The summed E-state index contributed by atoms with van der Waals surface area (Å²) in [4.78, 5) is 14.6. The molecule has 0 aromatic carbocycles. The molecule has 0 spiro atoms. The van der Waals surface area contributed by atoms with E-state index in [1.165, 1.54) is 0 Å². The van der Waals surface area contributed by atoms with Gasteiger partial charge in [-0.3, -0.25) is 4.79 Å². The van der Waals surface area contributed by atoms with Crippen LogP contribution in [-0.4, -0.2) is 150 Å². The van der Waals surface area contributed by atoms with Crippen molar-refractivity contribution in [1.29, 1.82) is 0 Å². The smallest absolute Gasteiger partial charge is 0.315 e. The van der Waals surface area contributed by atoms with E-state index >= 15 is 0 Å². The van der Waals surface area contributed by atoms with Crippen LogP contribution >= 0.6 is 0 Å². The van der Waals surface area contributed by atoms with Gasteiger partial charge in [0.25, 0.3) is 0 Å². The van der Waals surface area contributed by atoms with Gasteiger partial charge in [0, 0.05) is 11.3 Å². The van der Waals surface area contributed by atoms with Crippen molar-refractivity contribution in [2.24, 2.45) is 50.2 Å². The van der Waals surface area contributed by atoms with E-state index in [9.17, 15) is 55.9 Å². The topological polar surface area (TPSA) is 256 Å². The Bertz CT molecular complexity index is 1540. The Balaban J connectivity index is 1.19. The number of fused-ring (bicyclic) bond motifs is 7. The maximum Gasteiger partial charge on any atom is 0.315 e. The first kappa shape index (κ1) is 43.8. The number of allylic oxidation sites excluding steroid dienone is 1. The molecule has 15 nitrogen and oxygen atoms in total. The van der Waals surface area contributed by atoms with Crippen molar-refractivity contribution in [3.63, 3.8) is 0 Å². The molecule has 10 N–H and O–H groups in total. The minimum Gasteiger partial charge on any atom is -0.432 e. The molecule has 5 aliphatic carbocycles. The number of esters is 1. The van der Waals surface area contributed by atoms with Crippen LogP contribution in [0, 0.1) is 50.2 Å². The summed E-state index contributed by atoms with van der Waals surface area (Å²) >= 11 is 0. The zero-order chi connectivity index (χ0) is 41.8. The van der Waals surface area contributed by atoms with Crippen molar-refractivity contribution < 1.29 is 74.8 Å². The highest BCUT2D eigenvalue weighted by Crippen LogP contribution is 2.76. The fraction of sp³-hybridized carbons (Fsp3) is 0.929. The number of aliphatic hydroxyl groups excluding tert-OH is 10. The lowest BCUT2D eigenvalue weighted by Crippen LogP contribution is -2.68. The van der Waals surface area contributed by atoms with Crippen LogP contribution in [0.15, 0.2) is 11.6 Å². The summed E-state index contributed by atoms with van der Waals surface area (Å²) in [5.41, 5.74) is -2.40. The number of carbonyl (C=O) groups is 1. The normalized spacial score (nSPS) is 54.7. The quantitative estimate of drug-likeness (QED) is 0.0940. The second-order valence-corrected chi connectivity index (χ2v) is 20.5. The first-order chi connectivity index (χ1) is 26.6. The zero-order valence-corrected chi connectivity index (χ0v) is 34.2. The van der Waals surface area contributed by atoms with Crippen molar-refractivity contribution in [3.05, 3.63) is 11.6 Å². The van der Waals surface area contributed by atoms with Gasteiger partial charge in [-0.2, -0.15) is 0 Å². The van der Waals surface area contributed by atoms with Crippen molar-refractivity contribution in [2.75, 3.05) is 19.8 Å². The van der Waals surface area contributed by atoms with Crippen LogP contribution in [0.2, 0.25) is 0 Å². The molecule has 2 aliphatic heterocycles. The summed E-state index contributed by atoms with van der Waals surface area (Å²) in [7, 11) is 0. The molecule has 0 aromatic heterocycles. The molecular formula is C42H68O15. The zero-order valence-electron chi connectivity index (χ0n) is 34.2. The van der Waals surface area contributed by atoms with Crippen molar-refractivity contribution in [3.8, 4) is 0 Å². The van der Waals surface area contributed by atoms with Gasteiger partial charge in [0.05, 0.1) is 37.4 Å². The standard InChI is InChI=1S/C42H68O15/c1-37(2)13-15-42(36(53)57-35-32(51)30(49)28(47)22(18-44)55-35)16-14-40(5)20(26(42)33(37)52)7-8-24-38(3)11-10-25(39(4,19-45)23(38)9-12-41(24,40)6)56-34-31(50)29(48)27(46)21(17-43)54-34/h7,21-35,43-52H,8-19H2,1-6H3/t21-,22-,23-,24+,25+,26+,27-,28-,29+,30+,31-,32-,33+,34+,35+,38+,39+,40-,41-,42+/m1/s1. The maximum atomic E-state index is 14.6. The van der Waals surface area contributed by atoms with Gasteiger partial charge < -0.3 is 70.0 Å². The van der Waals surface area contributed by atoms with E-state index in [0.717, 1.165) is 24.8 Å². The monoisotopic (exact) mass is 812 g/mol. The van der Waals surface area contributed by atoms with E-state index in [1.807, 2.05) is 20.8 Å². The molecule has 2 heterocycles. The van der Waals surface area contributed by atoms with Crippen LogP contribution in [0.1, 0.15) is 99.3 Å². The fourth-order valence-corrected chi connectivity index (χ4v) is 13.6. The largest absolute Gasteiger partial charge is 0.432 e. The summed E-state index contributed by atoms with van der Waals surface area (Å²) in [6.45, 7) is 11.5. The molecule has 6 fully saturated rings. The molecule has 15 heteroatoms. The van der Waals surface area contributed by atoms with Gasteiger partial charge in [-0.15, -0.1) is 0 Å². The van der Waals surface area contributed by atoms with E-state index in [4.69, 9.17) is 18.9 Å². The molecule has 0 unspecified atom stereocenters. The van der Waals surface area contributed by atoms with Crippen molar-refractivity contribution in [2.45, 2.75) is 173 Å². The molecule has 57 heavy (non-hydrogen) atoms. The molecule has 7 rings (SSSR count).